The lowest BCUT2D eigenvalue weighted by Crippen LogP contribution is -2.43. The van der Waals surface area contributed by atoms with E-state index in [2.05, 4.69) is 6.92 Å². The molecule has 0 radical (unpaired) electrons. The van der Waals surface area contributed by atoms with Crippen molar-refractivity contribution < 1.29 is 17.9 Å². The van der Waals surface area contributed by atoms with E-state index in [4.69, 9.17) is 4.74 Å². The fourth-order valence-electron chi connectivity index (χ4n) is 3.87. The number of rotatable bonds is 3. The Morgan fingerprint density at radius 3 is 2.63 bits per heavy atom. The molecule has 0 saturated heterocycles. The summed E-state index contributed by atoms with van der Waals surface area (Å²) in [5.74, 6) is 0.492. The Labute approximate surface area is 182 Å². The van der Waals surface area contributed by atoms with E-state index in [-0.39, 0.29) is 28.7 Å². The first-order chi connectivity index (χ1) is 14.2. The van der Waals surface area contributed by atoms with Gasteiger partial charge in [-0.2, -0.15) is 0 Å². The smallest absolute Gasteiger partial charge is 0.264 e. The minimum absolute atomic E-state index is 0.0867. The maximum Gasteiger partial charge on any atom is 0.264 e. The van der Waals surface area contributed by atoms with Gasteiger partial charge in [-0.05, 0) is 49.2 Å². The van der Waals surface area contributed by atoms with Crippen molar-refractivity contribution in [1.82, 2.24) is 0 Å². The molecule has 0 unspecified atom stereocenters. The SMILES string of the molecule is CC[C@@H]1CN(S(=O)(=O)c2ccc3c(c2)N(C(C)=O)C[C@@H](C)S3)c2cc(C)ccc2O1. The molecule has 2 aromatic rings. The molecule has 0 aliphatic carbocycles. The van der Waals surface area contributed by atoms with E-state index in [1.54, 1.807) is 28.8 Å². The zero-order valence-electron chi connectivity index (χ0n) is 17.6. The summed E-state index contributed by atoms with van der Waals surface area (Å²) in [5, 5.41) is 0.253. The molecule has 0 saturated carbocycles. The molecule has 0 N–H and O–H groups in total. The minimum Gasteiger partial charge on any atom is -0.486 e. The Kier molecular flexibility index (Phi) is 5.48. The van der Waals surface area contributed by atoms with E-state index < -0.39 is 10.0 Å². The number of sulfonamides is 1. The normalized spacial score (nSPS) is 20.9. The number of thioether (sulfide) groups is 1. The van der Waals surface area contributed by atoms with Gasteiger partial charge in [0.1, 0.15) is 11.9 Å². The van der Waals surface area contributed by atoms with Crippen molar-refractivity contribution in [3.63, 3.8) is 0 Å². The summed E-state index contributed by atoms with van der Waals surface area (Å²) in [4.78, 5) is 15.0. The van der Waals surface area contributed by atoms with Crippen molar-refractivity contribution in [2.75, 3.05) is 22.3 Å². The molecule has 1 amide bonds. The maximum atomic E-state index is 13.7. The van der Waals surface area contributed by atoms with Crippen LogP contribution >= 0.6 is 11.8 Å². The van der Waals surface area contributed by atoms with Crippen molar-refractivity contribution in [3.05, 3.63) is 42.0 Å². The first kappa shape index (κ1) is 21.1. The molecule has 6 nitrogen and oxygen atoms in total. The fraction of sp³-hybridized carbons (Fsp3) is 0.409. The van der Waals surface area contributed by atoms with Gasteiger partial charge in [0.05, 0.1) is 22.8 Å². The largest absolute Gasteiger partial charge is 0.486 e. The standard InChI is InChI=1S/C22H26N2O4S2/c1-5-17-13-24(19-10-14(2)6-8-21(19)28-17)30(26,27)18-7-9-22-20(11-18)23(16(4)25)12-15(3)29-22/h6-11,15,17H,5,12-13H2,1-4H3/t15-,17-/m1/s1. The van der Waals surface area contributed by atoms with E-state index in [0.29, 0.717) is 30.1 Å². The van der Waals surface area contributed by atoms with Crippen LogP contribution in [0.2, 0.25) is 0 Å². The van der Waals surface area contributed by atoms with Crippen LogP contribution in [-0.4, -0.2) is 38.8 Å². The Balaban J connectivity index is 1.81. The Morgan fingerprint density at radius 1 is 1.17 bits per heavy atom. The third-order valence-corrected chi connectivity index (χ3v) is 8.39. The maximum absolute atomic E-state index is 13.7. The minimum atomic E-state index is -3.83. The van der Waals surface area contributed by atoms with E-state index in [1.807, 2.05) is 38.1 Å². The summed E-state index contributed by atoms with van der Waals surface area (Å²) < 4.78 is 34.9. The second kappa shape index (κ2) is 7.81. The second-order valence-corrected chi connectivity index (χ2v) is 11.2. The van der Waals surface area contributed by atoms with Crippen molar-refractivity contribution >= 4 is 39.1 Å². The molecule has 0 bridgehead atoms. The molecule has 4 rings (SSSR count). The molecule has 0 fully saturated rings. The number of amides is 1. The van der Waals surface area contributed by atoms with Crippen LogP contribution in [0.1, 0.15) is 32.8 Å². The third-order valence-electron chi connectivity index (χ3n) is 5.46. The lowest BCUT2D eigenvalue weighted by atomic mass is 10.1. The first-order valence-corrected chi connectivity index (χ1v) is 12.4. The molecule has 2 atom stereocenters. The molecule has 0 aromatic heterocycles. The van der Waals surface area contributed by atoms with Crippen molar-refractivity contribution in [2.24, 2.45) is 0 Å². The molecule has 2 aliphatic heterocycles. The van der Waals surface area contributed by atoms with Crippen LogP contribution in [0.3, 0.4) is 0 Å². The van der Waals surface area contributed by atoms with Gasteiger partial charge in [0.15, 0.2) is 0 Å². The van der Waals surface area contributed by atoms with Crippen molar-refractivity contribution in [2.45, 2.75) is 55.3 Å². The molecule has 2 heterocycles. The predicted octanol–water partition coefficient (Wildman–Crippen LogP) is 4.21. The summed E-state index contributed by atoms with van der Waals surface area (Å²) in [6.07, 6.45) is 0.494. The van der Waals surface area contributed by atoms with Crippen molar-refractivity contribution in [3.8, 4) is 5.75 Å². The number of nitrogens with zero attached hydrogens (tertiary/aromatic N) is 2. The number of aryl methyl sites for hydroxylation is 1. The molecule has 2 aromatic carbocycles. The van der Waals surface area contributed by atoms with Gasteiger partial charge in [-0.3, -0.25) is 9.10 Å². The summed E-state index contributed by atoms with van der Waals surface area (Å²) in [6.45, 7) is 8.31. The van der Waals surface area contributed by atoms with Crippen LogP contribution in [0.25, 0.3) is 0 Å². The highest BCUT2D eigenvalue weighted by atomic mass is 32.2. The summed E-state index contributed by atoms with van der Waals surface area (Å²) in [5.41, 5.74) is 2.19. The highest BCUT2D eigenvalue weighted by Gasteiger charge is 2.35. The van der Waals surface area contributed by atoms with E-state index in [9.17, 15) is 13.2 Å². The predicted molar refractivity (Wildman–Crippen MR) is 120 cm³/mol. The number of hydrogen-bond acceptors (Lipinski definition) is 5. The number of anilines is 2. The highest BCUT2D eigenvalue weighted by Crippen LogP contribution is 2.42. The van der Waals surface area contributed by atoms with E-state index >= 15 is 0 Å². The summed E-state index contributed by atoms with van der Waals surface area (Å²) >= 11 is 1.66. The molecule has 0 spiro atoms. The average Bonchev–Trinajstić information content (AvgIpc) is 2.71. The number of hydrogen-bond donors (Lipinski definition) is 0. The zero-order valence-corrected chi connectivity index (χ0v) is 19.2. The van der Waals surface area contributed by atoms with E-state index in [0.717, 1.165) is 10.5 Å². The number of fused-ring (bicyclic) bond motifs is 2. The molecule has 8 heteroatoms. The van der Waals surface area contributed by atoms with Gasteiger partial charge in [0, 0.05) is 23.6 Å². The fourth-order valence-corrected chi connectivity index (χ4v) is 6.48. The van der Waals surface area contributed by atoms with Gasteiger partial charge >= 0.3 is 0 Å². The summed E-state index contributed by atoms with van der Waals surface area (Å²) in [7, 11) is -3.83. The Bertz CT molecular complexity index is 1100. The number of carbonyl (C=O) groups is 1. The van der Waals surface area contributed by atoms with Gasteiger partial charge in [-0.25, -0.2) is 8.42 Å². The van der Waals surface area contributed by atoms with Gasteiger partial charge in [0.25, 0.3) is 10.0 Å². The van der Waals surface area contributed by atoms with Crippen LogP contribution in [-0.2, 0) is 14.8 Å². The van der Waals surface area contributed by atoms with Crippen LogP contribution in [0, 0.1) is 6.92 Å². The van der Waals surface area contributed by atoms with Gasteiger partial charge in [0.2, 0.25) is 5.91 Å². The van der Waals surface area contributed by atoms with Gasteiger partial charge < -0.3 is 9.64 Å². The second-order valence-electron chi connectivity index (χ2n) is 7.84. The molecule has 160 valence electrons. The van der Waals surface area contributed by atoms with Gasteiger partial charge in [-0.1, -0.05) is 19.9 Å². The Hall–Kier alpha value is -2.19. The monoisotopic (exact) mass is 446 g/mol. The number of ether oxygens (including phenoxy) is 1. The van der Waals surface area contributed by atoms with Crippen LogP contribution < -0.4 is 13.9 Å². The lowest BCUT2D eigenvalue weighted by Gasteiger charge is -2.36. The zero-order chi connectivity index (χ0) is 21.6. The summed E-state index contributed by atoms with van der Waals surface area (Å²) in [6, 6.07) is 10.7. The third kappa shape index (κ3) is 3.67. The van der Waals surface area contributed by atoms with E-state index in [1.165, 1.54) is 11.2 Å². The molecular formula is C22H26N2O4S2. The molecule has 2 aliphatic rings. The van der Waals surface area contributed by atoms with Crippen LogP contribution in [0.5, 0.6) is 5.75 Å². The molecule has 30 heavy (non-hydrogen) atoms. The van der Waals surface area contributed by atoms with Gasteiger partial charge in [-0.15, -0.1) is 11.8 Å². The topological polar surface area (TPSA) is 66.9 Å². The highest BCUT2D eigenvalue weighted by molar-refractivity contribution is 8.00. The quantitative estimate of drug-likeness (QED) is 0.707. The van der Waals surface area contributed by atoms with Crippen molar-refractivity contribution in [1.29, 1.82) is 0 Å². The number of benzene rings is 2. The van der Waals surface area contributed by atoms with Crippen LogP contribution in [0.4, 0.5) is 11.4 Å². The molecular weight excluding hydrogens is 420 g/mol. The first-order valence-electron chi connectivity index (χ1n) is 10.1. The average molecular weight is 447 g/mol. The number of carbonyl (C=O) groups excluding carboxylic acids is 1. The Morgan fingerprint density at radius 2 is 1.93 bits per heavy atom. The van der Waals surface area contributed by atoms with Crippen LogP contribution in [0.15, 0.2) is 46.2 Å². The lowest BCUT2D eigenvalue weighted by molar-refractivity contribution is -0.116.